The van der Waals surface area contributed by atoms with Crippen LogP contribution in [0.3, 0.4) is 0 Å². The van der Waals surface area contributed by atoms with Gasteiger partial charge in [0.05, 0.1) is 5.56 Å². The molecule has 0 bridgehead atoms. The third-order valence-corrected chi connectivity index (χ3v) is 2.92. The van der Waals surface area contributed by atoms with E-state index in [1.165, 1.54) is 18.2 Å². The first-order valence-corrected chi connectivity index (χ1v) is 6.09. The Morgan fingerprint density at radius 2 is 2.05 bits per heavy atom. The lowest BCUT2D eigenvalue weighted by molar-refractivity contribution is 0.226. The Labute approximate surface area is 116 Å². The van der Waals surface area contributed by atoms with Gasteiger partial charge in [0.25, 0.3) is 0 Å². The van der Waals surface area contributed by atoms with Crippen molar-refractivity contribution >= 4 is 11.6 Å². The predicted octanol–water partition coefficient (Wildman–Crippen LogP) is 4.49. The normalized spacial score (nSPS) is 11.7. The Morgan fingerprint density at radius 3 is 2.74 bits per heavy atom. The van der Waals surface area contributed by atoms with E-state index >= 15 is 0 Å². The van der Waals surface area contributed by atoms with E-state index in [-0.39, 0.29) is 11.7 Å². The molecule has 0 aromatic heterocycles. The van der Waals surface area contributed by atoms with Crippen molar-refractivity contribution in [1.29, 1.82) is 5.26 Å². The molecule has 0 saturated carbocycles. The van der Waals surface area contributed by atoms with Crippen LogP contribution < -0.4 is 4.74 Å². The fraction of sp³-hybridized carbons (Fsp3) is 0.133. The van der Waals surface area contributed by atoms with Crippen LogP contribution in [0.15, 0.2) is 42.5 Å². The van der Waals surface area contributed by atoms with Gasteiger partial charge in [0.15, 0.2) is 0 Å². The number of ether oxygens (including phenoxy) is 1. The third-order valence-electron chi connectivity index (χ3n) is 2.69. The van der Waals surface area contributed by atoms with Crippen LogP contribution in [0.25, 0.3) is 0 Å². The van der Waals surface area contributed by atoms with Gasteiger partial charge in [-0.15, -0.1) is 0 Å². The summed E-state index contributed by atoms with van der Waals surface area (Å²) in [6.45, 7) is 1.86. The average Bonchev–Trinajstić information content (AvgIpc) is 2.41. The van der Waals surface area contributed by atoms with Crippen molar-refractivity contribution in [1.82, 2.24) is 0 Å². The van der Waals surface area contributed by atoms with Crippen molar-refractivity contribution in [2.75, 3.05) is 0 Å². The molecule has 1 atom stereocenters. The maximum Gasteiger partial charge on any atom is 0.141 e. The lowest BCUT2D eigenvalue weighted by atomic mass is 10.1. The first kappa shape index (κ1) is 13.4. The molecule has 0 fully saturated rings. The summed E-state index contributed by atoms with van der Waals surface area (Å²) in [5.41, 5.74) is 0.881. The van der Waals surface area contributed by atoms with Gasteiger partial charge in [-0.3, -0.25) is 0 Å². The number of rotatable bonds is 3. The zero-order valence-corrected chi connectivity index (χ0v) is 11.0. The first-order valence-electron chi connectivity index (χ1n) is 5.72. The van der Waals surface area contributed by atoms with Gasteiger partial charge in [0.2, 0.25) is 0 Å². The SMILES string of the molecule is C[C@H](Oc1ccc(F)c(C#N)c1)c1cccc(Cl)c1. The summed E-state index contributed by atoms with van der Waals surface area (Å²) in [7, 11) is 0. The minimum atomic E-state index is -0.551. The molecule has 0 aliphatic heterocycles. The zero-order chi connectivity index (χ0) is 13.8. The van der Waals surface area contributed by atoms with Gasteiger partial charge in [-0.25, -0.2) is 4.39 Å². The molecule has 2 aromatic carbocycles. The molecule has 96 valence electrons. The van der Waals surface area contributed by atoms with Crippen molar-refractivity contribution < 1.29 is 9.13 Å². The van der Waals surface area contributed by atoms with Gasteiger partial charge in [-0.1, -0.05) is 23.7 Å². The summed E-state index contributed by atoms with van der Waals surface area (Å²) < 4.78 is 18.9. The number of halogens is 2. The van der Waals surface area contributed by atoms with Crippen LogP contribution >= 0.6 is 11.6 Å². The van der Waals surface area contributed by atoms with E-state index in [0.29, 0.717) is 10.8 Å². The molecule has 2 nitrogen and oxygen atoms in total. The first-order chi connectivity index (χ1) is 9.10. The Balaban J connectivity index is 2.20. The maximum atomic E-state index is 13.2. The van der Waals surface area contributed by atoms with Crippen LogP contribution in [0.4, 0.5) is 4.39 Å². The summed E-state index contributed by atoms with van der Waals surface area (Å²) in [5, 5.41) is 9.40. The second-order valence-electron chi connectivity index (χ2n) is 4.07. The van der Waals surface area contributed by atoms with Crippen LogP contribution in [0.2, 0.25) is 5.02 Å². The predicted molar refractivity (Wildman–Crippen MR) is 71.6 cm³/mol. The number of hydrogen-bond donors (Lipinski definition) is 0. The fourth-order valence-electron chi connectivity index (χ4n) is 1.69. The van der Waals surface area contributed by atoms with Gasteiger partial charge in [0.1, 0.15) is 23.7 Å². The Bertz CT molecular complexity index is 636. The molecule has 0 amide bonds. The van der Waals surface area contributed by atoms with Crippen LogP contribution in [0, 0.1) is 17.1 Å². The lowest BCUT2D eigenvalue weighted by Crippen LogP contribution is -2.03. The minimum Gasteiger partial charge on any atom is -0.486 e. The van der Waals surface area contributed by atoms with Crippen LogP contribution in [0.1, 0.15) is 24.2 Å². The van der Waals surface area contributed by atoms with Crippen LogP contribution in [0.5, 0.6) is 5.75 Å². The topological polar surface area (TPSA) is 33.0 Å². The standard InChI is InChI=1S/C15H11ClFNO/c1-10(11-3-2-4-13(16)7-11)19-14-5-6-15(17)12(8-14)9-18/h2-8,10H,1H3/t10-/m0/s1. The molecule has 0 N–H and O–H groups in total. The minimum absolute atomic E-state index is 0.0317. The lowest BCUT2D eigenvalue weighted by Gasteiger charge is -2.15. The van der Waals surface area contributed by atoms with Gasteiger partial charge < -0.3 is 4.74 Å². The number of hydrogen-bond acceptors (Lipinski definition) is 2. The van der Waals surface area contributed by atoms with E-state index in [4.69, 9.17) is 21.6 Å². The van der Waals surface area contributed by atoms with E-state index in [1.807, 2.05) is 19.1 Å². The molecule has 0 aliphatic carbocycles. The summed E-state index contributed by atoms with van der Waals surface area (Å²) >= 11 is 5.91. The van der Waals surface area contributed by atoms with E-state index < -0.39 is 5.82 Å². The Morgan fingerprint density at radius 1 is 1.26 bits per heavy atom. The summed E-state index contributed by atoms with van der Waals surface area (Å²) in [6.07, 6.45) is -0.240. The van der Waals surface area contributed by atoms with Gasteiger partial charge in [0, 0.05) is 11.1 Å². The molecule has 0 heterocycles. The second kappa shape index (κ2) is 5.73. The van der Waals surface area contributed by atoms with Crippen LogP contribution in [-0.2, 0) is 0 Å². The molecule has 0 aliphatic rings. The number of benzene rings is 2. The molecule has 2 aromatic rings. The van der Waals surface area contributed by atoms with Crippen LogP contribution in [-0.4, -0.2) is 0 Å². The Kier molecular flexibility index (Phi) is 4.03. The summed E-state index contributed by atoms with van der Waals surface area (Å²) in [4.78, 5) is 0. The van der Waals surface area contributed by atoms with Crippen molar-refractivity contribution in [3.05, 3.63) is 64.4 Å². The van der Waals surface area contributed by atoms with Gasteiger partial charge in [-0.05, 0) is 36.8 Å². The second-order valence-corrected chi connectivity index (χ2v) is 4.50. The molecule has 0 saturated heterocycles. The molecule has 4 heteroatoms. The summed E-state index contributed by atoms with van der Waals surface area (Å²) in [5.74, 6) is -0.101. The highest BCUT2D eigenvalue weighted by atomic mass is 35.5. The highest BCUT2D eigenvalue weighted by Gasteiger charge is 2.09. The van der Waals surface area contributed by atoms with E-state index in [2.05, 4.69) is 0 Å². The van der Waals surface area contributed by atoms with Gasteiger partial charge in [-0.2, -0.15) is 5.26 Å². The highest BCUT2D eigenvalue weighted by molar-refractivity contribution is 6.30. The maximum absolute atomic E-state index is 13.2. The molecule has 19 heavy (non-hydrogen) atoms. The van der Waals surface area contributed by atoms with E-state index in [1.54, 1.807) is 18.2 Å². The van der Waals surface area contributed by atoms with Crippen molar-refractivity contribution in [2.45, 2.75) is 13.0 Å². The number of nitrogens with zero attached hydrogens (tertiary/aromatic N) is 1. The molecule has 0 spiro atoms. The monoisotopic (exact) mass is 275 g/mol. The highest BCUT2D eigenvalue weighted by Crippen LogP contribution is 2.25. The smallest absolute Gasteiger partial charge is 0.141 e. The fourth-order valence-corrected chi connectivity index (χ4v) is 1.89. The Hall–Kier alpha value is -2.05. The van der Waals surface area contributed by atoms with Crippen molar-refractivity contribution in [2.24, 2.45) is 0 Å². The van der Waals surface area contributed by atoms with Crippen molar-refractivity contribution in [3.8, 4) is 11.8 Å². The average molecular weight is 276 g/mol. The third kappa shape index (κ3) is 3.24. The van der Waals surface area contributed by atoms with E-state index in [9.17, 15) is 4.39 Å². The zero-order valence-electron chi connectivity index (χ0n) is 10.2. The van der Waals surface area contributed by atoms with Crippen molar-refractivity contribution in [3.63, 3.8) is 0 Å². The molecule has 2 rings (SSSR count). The summed E-state index contributed by atoms with van der Waals surface area (Å²) in [6, 6.07) is 13.2. The largest absolute Gasteiger partial charge is 0.486 e. The molecule has 0 radical (unpaired) electrons. The molecular formula is C15H11ClFNO. The quantitative estimate of drug-likeness (QED) is 0.827. The molecule has 0 unspecified atom stereocenters. The van der Waals surface area contributed by atoms with E-state index in [0.717, 1.165) is 5.56 Å². The number of nitriles is 1. The van der Waals surface area contributed by atoms with Gasteiger partial charge >= 0.3 is 0 Å². The molecular weight excluding hydrogens is 265 g/mol.